The molecule has 0 spiro atoms. The van der Waals surface area contributed by atoms with Crippen molar-refractivity contribution in [3.63, 3.8) is 0 Å². The molecule has 0 aromatic heterocycles. The molecule has 27 heavy (non-hydrogen) atoms. The number of rotatable bonds is 3. The van der Waals surface area contributed by atoms with E-state index >= 15 is 0 Å². The molecule has 1 aliphatic heterocycles. The Labute approximate surface area is 162 Å². The van der Waals surface area contributed by atoms with Crippen molar-refractivity contribution in [1.29, 1.82) is 0 Å². The van der Waals surface area contributed by atoms with Crippen LogP contribution in [0.3, 0.4) is 0 Å². The molecule has 1 atom stereocenters. The molecule has 0 saturated carbocycles. The van der Waals surface area contributed by atoms with E-state index in [1.54, 1.807) is 25.3 Å². The monoisotopic (exact) mass is 376 g/mol. The van der Waals surface area contributed by atoms with Crippen molar-refractivity contribution in [3.05, 3.63) is 100 Å². The number of carbonyl (C=O) groups excluding carboxylic acids is 1. The lowest BCUT2D eigenvalue weighted by molar-refractivity contribution is 0.0963. The summed E-state index contributed by atoms with van der Waals surface area (Å²) in [4.78, 5) is 13.2. The normalized spacial score (nSPS) is 17.3. The minimum absolute atomic E-state index is 0.0346. The van der Waals surface area contributed by atoms with E-state index in [-0.39, 0.29) is 5.78 Å². The smallest absolute Gasteiger partial charge is 0.196 e. The molecule has 0 radical (unpaired) electrons. The van der Waals surface area contributed by atoms with Gasteiger partial charge in [0.15, 0.2) is 11.9 Å². The summed E-state index contributed by atoms with van der Waals surface area (Å²) >= 11 is 5.98. The van der Waals surface area contributed by atoms with E-state index in [9.17, 15) is 4.79 Å². The zero-order chi connectivity index (χ0) is 18.8. The molecule has 1 aliphatic rings. The van der Waals surface area contributed by atoms with Gasteiger partial charge in [-0.15, -0.1) is 0 Å². The van der Waals surface area contributed by atoms with Crippen LogP contribution in [-0.2, 0) is 0 Å². The second-order valence-electron chi connectivity index (χ2n) is 6.25. The maximum absolute atomic E-state index is 13.2. The van der Waals surface area contributed by atoms with Crippen molar-refractivity contribution in [1.82, 2.24) is 0 Å². The van der Waals surface area contributed by atoms with Crippen LogP contribution in [0.1, 0.15) is 27.6 Å². The maximum Gasteiger partial charge on any atom is 0.196 e. The van der Waals surface area contributed by atoms with Crippen molar-refractivity contribution in [2.45, 2.75) is 6.10 Å². The summed E-state index contributed by atoms with van der Waals surface area (Å²) in [5.41, 5.74) is 2.94. The number of ether oxygens (including phenoxy) is 2. The zero-order valence-electron chi connectivity index (χ0n) is 14.7. The minimum atomic E-state index is -0.492. The molecule has 134 valence electrons. The van der Waals surface area contributed by atoms with Gasteiger partial charge in [-0.25, -0.2) is 0 Å². The van der Waals surface area contributed by atoms with Crippen LogP contribution in [-0.4, -0.2) is 12.9 Å². The fourth-order valence-corrected chi connectivity index (χ4v) is 3.25. The Balaban J connectivity index is 1.82. The van der Waals surface area contributed by atoms with Crippen molar-refractivity contribution < 1.29 is 14.3 Å². The van der Waals surface area contributed by atoms with Gasteiger partial charge in [-0.3, -0.25) is 4.79 Å². The first-order valence-corrected chi connectivity index (χ1v) is 8.95. The average molecular weight is 377 g/mol. The maximum atomic E-state index is 13.2. The third kappa shape index (κ3) is 3.46. The van der Waals surface area contributed by atoms with Crippen molar-refractivity contribution in [2.24, 2.45) is 0 Å². The molecule has 0 saturated heterocycles. The average Bonchev–Trinajstić information content (AvgIpc) is 2.71. The highest BCUT2D eigenvalue weighted by atomic mass is 35.5. The van der Waals surface area contributed by atoms with Gasteiger partial charge in [-0.2, -0.15) is 0 Å². The van der Waals surface area contributed by atoms with Crippen molar-refractivity contribution >= 4 is 23.5 Å². The molecule has 0 bridgehead atoms. The molecule has 0 N–H and O–H groups in total. The lowest BCUT2D eigenvalue weighted by atomic mass is 9.89. The van der Waals surface area contributed by atoms with Gasteiger partial charge >= 0.3 is 0 Å². The van der Waals surface area contributed by atoms with E-state index < -0.39 is 6.10 Å². The topological polar surface area (TPSA) is 35.5 Å². The quantitative estimate of drug-likeness (QED) is 0.546. The Morgan fingerprint density at radius 2 is 1.67 bits per heavy atom. The second kappa shape index (κ2) is 7.29. The molecule has 0 amide bonds. The number of fused-ring (bicyclic) bond motifs is 1. The van der Waals surface area contributed by atoms with E-state index in [1.807, 2.05) is 60.7 Å². The van der Waals surface area contributed by atoms with E-state index in [2.05, 4.69) is 0 Å². The number of methoxy groups -OCH3 is 1. The van der Waals surface area contributed by atoms with Gasteiger partial charge in [0.2, 0.25) is 0 Å². The Hall–Kier alpha value is -3.04. The van der Waals surface area contributed by atoms with E-state index in [0.29, 0.717) is 21.9 Å². The molecule has 3 nitrogen and oxygen atoms in total. The Morgan fingerprint density at radius 3 is 2.37 bits per heavy atom. The number of carbonyl (C=O) groups is 1. The van der Waals surface area contributed by atoms with Crippen LogP contribution in [0.5, 0.6) is 11.5 Å². The van der Waals surface area contributed by atoms with Gasteiger partial charge in [0, 0.05) is 10.6 Å². The lowest BCUT2D eigenvalue weighted by Gasteiger charge is -2.28. The van der Waals surface area contributed by atoms with Gasteiger partial charge < -0.3 is 9.47 Å². The molecule has 0 fully saturated rings. The fraction of sp³-hybridized carbons (Fsp3) is 0.0870. The molecule has 1 unspecified atom stereocenters. The summed E-state index contributed by atoms with van der Waals surface area (Å²) in [5, 5.41) is 0.653. The first-order chi connectivity index (χ1) is 13.2. The SMILES string of the molecule is COc1ccc(C2Oc3ccccc3C(=O)/C2=C/c2ccc(Cl)cc2)cc1. The summed E-state index contributed by atoms with van der Waals surface area (Å²) < 4.78 is 11.4. The Bertz CT molecular complexity index is 1000. The number of benzene rings is 3. The predicted molar refractivity (Wildman–Crippen MR) is 107 cm³/mol. The Morgan fingerprint density at radius 1 is 0.963 bits per heavy atom. The summed E-state index contributed by atoms with van der Waals surface area (Å²) in [5.74, 6) is 1.31. The van der Waals surface area contributed by atoms with Gasteiger partial charge in [0.25, 0.3) is 0 Å². The standard InChI is InChI=1S/C23H17ClO3/c1-26-18-12-8-16(9-13-18)23-20(14-15-6-10-17(24)11-7-15)22(25)19-4-2-3-5-21(19)27-23/h2-14,23H,1H3/b20-14-. The van der Waals surface area contributed by atoms with Crippen molar-refractivity contribution in [2.75, 3.05) is 7.11 Å². The molecule has 0 aliphatic carbocycles. The first-order valence-electron chi connectivity index (χ1n) is 8.57. The number of halogens is 1. The van der Waals surface area contributed by atoms with Crippen LogP contribution in [0.2, 0.25) is 5.02 Å². The summed E-state index contributed by atoms with van der Waals surface area (Å²) in [6.07, 6.45) is 1.37. The van der Waals surface area contributed by atoms with Gasteiger partial charge in [-0.05, 0) is 53.6 Å². The first kappa shape index (κ1) is 17.4. The molecule has 3 aromatic carbocycles. The van der Waals surface area contributed by atoms with Crippen molar-refractivity contribution in [3.8, 4) is 11.5 Å². The highest BCUT2D eigenvalue weighted by Gasteiger charge is 2.32. The molecular formula is C23H17ClO3. The van der Waals surface area contributed by atoms with Crippen LogP contribution in [0.25, 0.3) is 6.08 Å². The van der Waals surface area contributed by atoms with Gasteiger partial charge in [0.1, 0.15) is 11.5 Å². The number of hydrogen-bond acceptors (Lipinski definition) is 3. The van der Waals surface area contributed by atoms with Crippen LogP contribution >= 0.6 is 11.6 Å². The number of ketones is 1. The zero-order valence-corrected chi connectivity index (χ0v) is 15.4. The van der Waals surface area contributed by atoms with Crippen LogP contribution in [0.4, 0.5) is 0 Å². The Kier molecular flexibility index (Phi) is 4.69. The number of para-hydroxylation sites is 1. The predicted octanol–water partition coefficient (Wildman–Crippen LogP) is 5.75. The van der Waals surface area contributed by atoms with Crippen LogP contribution in [0.15, 0.2) is 78.4 Å². The van der Waals surface area contributed by atoms with E-state index in [0.717, 1.165) is 16.9 Å². The lowest BCUT2D eigenvalue weighted by Crippen LogP contribution is -2.23. The summed E-state index contributed by atoms with van der Waals surface area (Å²) in [6, 6.07) is 22.3. The van der Waals surface area contributed by atoms with E-state index in [4.69, 9.17) is 21.1 Å². The summed E-state index contributed by atoms with van der Waals surface area (Å²) in [6.45, 7) is 0. The van der Waals surface area contributed by atoms with Gasteiger partial charge in [0.05, 0.1) is 12.7 Å². The number of Topliss-reactive ketones (excluding diaryl/α,β-unsaturated/α-hetero) is 1. The molecule has 4 heteroatoms. The minimum Gasteiger partial charge on any atom is -0.497 e. The number of hydrogen-bond donors (Lipinski definition) is 0. The molecule has 4 rings (SSSR count). The third-order valence-corrected chi connectivity index (χ3v) is 4.78. The van der Waals surface area contributed by atoms with E-state index in [1.165, 1.54) is 0 Å². The largest absolute Gasteiger partial charge is 0.497 e. The summed E-state index contributed by atoms with van der Waals surface area (Å²) in [7, 11) is 1.62. The second-order valence-corrected chi connectivity index (χ2v) is 6.68. The third-order valence-electron chi connectivity index (χ3n) is 4.53. The molecule has 3 aromatic rings. The fourth-order valence-electron chi connectivity index (χ4n) is 3.13. The molecular weight excluding hydrogens is 360 g/mol. The molecule has 1 heterocycles. The van der Waals surface area contributed by atoms with Crippen LogP contribution in [0, 0.1) is 0 Å². The highest BCUT2D eigenvalue weighted by molar-refractivity contribution is 6.30. The highest BCUT2D eigenvalue weighted by Crippen LogP contribution is 2.39. The van der Waals surface area contributed by atoms with Gasteiger partial charge in [-0.1, -0.05) is 48.0 Å². The van der Waals surface area contributed by atoms with Crippen LogP contribution < -0.4 is 9.47 Å².